The minimum atomic E-state index is -0.785. The van der Waals surface area contributed by atoms with Gasteiger partial charge in [0, 0.05) is 10.0 Å². The van der Waals surface area contributed by atoms with E-state index >= 15 is 0 Å². The molecule has 27 heavy (non-hydrogen) atoms. The largest absolute Gasteiger partial charge is 0.497 e. The highest BCUT2D eigenvalue weighted by atomic mass is 79.9. The van der Waals surface area contributed by atoms with Crippen LogP contribution >= 0.6 is 15.9 Å². The second-order valence-corrected chi connectivity index (χ2v) is 6.67. The van der Waals surface area contributed by atoms with Gasteiger partial charge in [0.15, 0.2) is 6.10 Å². The maximum Gasteiger partial charge on any atom is 0.340 e. The molecule has 8 heteroatoms. The zero-order chi connectivity index (χ0) is 19.6. The lowest BCUT2D eigenvalue weighted by Gasteiger charge is -2.11. The van der Waals surface area contributed by atoms with Gasteiger partial charge in [-0.2, -0.15) is 4.98 Å². The number of hydrogen-bond acceptors (Lipinski definition) is 6. The van der Waals surface area contributed by atoms with Crippen molar-refractivity contribution < 1.29 is 23.2 Å². The topological polar surface area (TPSA) is 74.5 Å². The summed E-state index contributed by atoms with van der Waals surface area (Å²) in [5.74, 6) is -0.0809. The number of aromatic nitrogens is 2. The molecule has 0 saturated carbocycles. The number of benzene rings is 2. The average Bonchev–Trinajstić information content (AvgIpc) is 3.14. The Kier molecular flexibility index (Phi) is 5.55. The summed E-state index contributed by atoms with van der Waals surface area (Å²) in [6, 6.07) is 9.62. The number of halogens is 2. The van der Waals surface area contributed by atoms with Crippen LogP contribution in [0.4, 0.5) is 4.39 Å². The molecule has 0 fully saturated rings. The average molecular weight is 435 g/mol. The fraction of sp³-hybridized carbons (Fsp3) is 0.211. The molecule has 1 unspecified atom stereocenters. The Morgan fingerprint density at radius 2 is 2.04 bits per heavy atom. The maximum atomic E-state index is 13.7. The Labute approximate surface area is 163 Å². The van der Waals surface area contributed by atoms with Crippen LogP contribution in [0.2, 0.25) is 0 Å². The fourth-order valence-electron chi connectivity index (χ4n) is 2.31. The summed E-state index contributed by atoms with van der Waals surface area (Å²) >= 11 is 3.31. The minimum Gasteiger partial charge on any atom is -0.497 e. The second-order valence-electron chi connectivity index (χ2n) is 5.81. The molecule has 0 aliphatic heterocycles. The van der Waals surface area contributed by atoms with E-state index in [9.17, 15) is 9.18 Å². The third kappa shape index (κ3) is 4.16. The molecule has 3 aromatic rings. The van der Waals surface area contributed by atoms with Crippen LogP contribution in [-0.4, -0.2) is 23.2 Å². The molecular weight excluding hydrogens is 419 g/mol. The standard InChI is InChI=1S/C19H16BrFN2O4/c1-10-4-5-12(8-16(10)21)17-22-18(27-23-17)11(2)26-19(24)14-9-13(25-3)6-7-15(14)20/h4-9,11H,1-3H3. The Hall–Kier alpha value is -2.74. The second kappa shape index (κ2) is 7.87. The van der Waals surface area contributed by atoms with E-state index in [1.54, 1.807) is 44.2 Å². The predicted octanol–water partition coefficient (Wildman–Crippen LogP) is 4.87. The number of hydrogen-bond donors (Lipinski definition) is 0. The number of carbonyl (C=O) groups excluding carboxylic acids is 1. The van der Waals surface area contributed by atoms with E-state index in [2.05, 4.69) is 26.1 Å². The number of ether oxygens (including phenoxy) is 2. The van der Waals surface area contributed by atoms with Gasteiger partial charge in [-0.3, -0.25) is 0 Å². The van der Waals surface area contributed by atoms with Gasteiger partial charge in [0.05, 0.1) is 12.7 Å². The molecule has 0 aliphatic carbocycles. The zero-order valence-corrected chi connectivity index (χ0v) is 16.4. The Morgan fingerprint density at radius 3 is 2.74 bits per heavy atom. The summed E-state index contributed by atoms with van der Waals surface area (Å²) in [5, 5.41) is 3.83. The van der Waals surface area contributed by atoms with E-state index in [0.717, 1.165) is 0 Å². The van der Waals surface area contributed by atoms with Crippen LogP contribution in [0.1, 0.15) is 34.8 Å². The molecule has 0 amide bonds. The lowest BCUT2D eigenvalue weighted by atomic mass is 10.1. The first kappa shape index (κ1) is 19.0. The van der Waals surface area contributed by atoms with Crippen molar-refractivity contribution in [1.82, 2.24) is 10.1 Å². The van der Waals surface area contributed by atoms with Gasteiger partial charge in [-0.15, -0.1) is 0 Å². The summed E-state index contributed by atoms with van der Waals surface area (Å²) in [6.45, 7) is 3.28. The van der Waals surface area contributed by atoms with E-state index < -0.39 is 12.1 Å². The smallest absolute Gasteiger partial charge is 0.340 e. The monoisotopic (exact) mass is 434 g/mol. The molecule has 0 spiro atoms. The third-order valence-corrected chi connectivity index (χ3v) is 4.59. The Morgan fingerprint density at radius 1 is 1.26 bits per heavy atom. The lowest BCUT2D eigenvalue weighted by molar-refractivity contribution is 0.0264. The predicted molar refractivity (Wildman–Crippen MR) is 99.0 cm³/mol. The zero-order valence-electron chi connectivity index (χ0n) is 14.8. The number of nitrogens with zero attached hydrogens (tertiary/aromatic N) is 2. The van der Waals surface area contributed by atoms with Crippen molar-refractivity contribution in [3.05, 3.63) is 63.7 Å². The number of carbonyl (C=O) groups is 1. The number of methoxy groups -OCH3 is 1. The maximum absolute atomic E-state index is 13.7. The fourth-order valence-corrected chi connectivity index (χ4v) is 2.72. The van der Waals surface area contributed by atoms with E-state index in [1.807, 2.05) is 0 Å². The number of rotatable bonds is 5. The number of esters is 1. The molecule has 0 radical (unpaired) electrons. The van der Waals surface area contributed by atoms with Crippen molar-refractivity contribution in [1.29, 1.82) is 0 Å². The van der Waals surface area contributed by atoms with E-state index in [0.29, 0.717) is 26.9 Å². The molecule has 0 bridgehead atoms. The highest BCUT2D eigenvalue weighted by molar-refractivity contribution is 9.10. The quantitative estimate of drug-likeness (QED) is 0.533. The van der Waals surface area contributed by atoms with Crippen LogP contribution in [-0.2, 0) is 4.74 Å². The first-order chi connectivity index (χ1) is 12.9. The summed E-state index contributed by atoms with van der Waals surface area (Å²) in [7, 11) is 1.51. The van der Waals surface area contributed by atoms with Gasteiger partial charge in [-0.1, -0.05) is 17.3 Å². The van der Waals surface area contributed by atoms with Crippen LogP contribution < -0.4 is 4.74 Å². The molecular formula is C19H16BrFN2O4. The summed E-state index contributed by atoms with van der Waals surface area (Å²) < 4.78 is 30.0. The van der Waals surface area contributed by atoms with Crippen molar-refractivity contribution in [2.24, 2.45) is 0 Å². The Bertz CT molecular complexity index is 990. The first-order valence-electron chi connectivity index (χ1n) is 8.03. The lowest BCUT2D eigenvalue weighted by Crippen LogP contribution is -2.10. The molecule has 1 heterocycles. The molecule has 6 nitrogen and oxygen atoms in total. The van der Waals surface area contributed by atoms with E-state index in [-0.39, 0.29) is 17.5 Å². The highest BCUT2D eigenvalue weighted by Crippen LogP contribution is 2.26. The van der Waals surface area contributed by atoms with Crippen LogP contribution in [0.15, 0.2) is 45.4 Å². The van der Waals surface area contributed by atoms with Gasteiger partial charge in [-0.25, -0.2) is 9.18 Å². The number of aryl methyl sites for hydroxylation is 1. The van der Waals surface area contributed by atoms with Gasteiger partial charge < -0.3 is 14.0 Å². The van der Waals surface area contributed by atoms with Gasteiger partial charge in [0.2, 0.25) is 5.82 Å². The summed E-state index contributed by atoms with van der Waals surface area (Å²) in [5.41, 5.74) is 1.30. The normalized spacial score (nSPS) is 11.9. The molecule has 1 atom stereocenters. The first-order valence-corrected chi connectivity index (χ1v) is 8.83. The highest BCUT2D eigenvalue weighted by Gasteiger charge is 2.22. The van der Waals surface area contributed by atoms with Gasteiger partial charge >= 0.3 is 5.97 Å². The Balaban J connectivity index is 1.77. The van der Waals surface area contributed by atoms with E-state index in [4.69, 9.17) is 14.0 Å². The van der Waals surface area contributed by atoms with Crippen LogP contribution in [0.25, 0.3) is 11.4 Å². The van der Waals surface area contributed by atoms with Crippen molar-refractivity contribution in [2.75, 3.05) is 7.11 Å². The van der Waals surface area contributed by atoms with Crippen molar-refractivity contribution in [3.63, 3.8) is 0 Å². The summed E-state index contributed by atoms with van der Waals surface area (Å²) in [4.78, 5) is 16.6. The van der Waals surface area contributed by atoms with Gasteiger partial charge in [0.1, 0.15) is 11.6 Å². The van der Waals surface area contributed by atoms with Crippen molar-refractivity contribution >= 4 is 21.9 Å². The van der Waals surface area contributed by atoms with Crippen LogP contribution in [0.3, 0.4) is 0 Å². The van der Waals surface area contributed by atoms with Gasteiger partial charge in [0.25, 0.3) is 5.89 Å². The third-order valence-electron chi connectivity index (χ3n) is 3.90. The molecule has 140 valence electrons. The van der Waals surface area contributed by atoms with Crippen molar-refractivity contribution in [2.45, 2.75) is 20.0 Å². The van der Waals surface area contributed by atoms with Crippen molar-refractivity contribution in [3.8, 4) is 17.1 Å². The van der Waals surface area contributed by atoms with Gasteiger partial charge in [-0.05, 0) is 59.6 Å². The van der Waals surface area contributed by atoms with Crippen LogP contribution in [0.5, 0.6) is 5.75 Å². The SMILES string of the molecule is COc1ccc(Br)c(C(=O)OC(C)c2nc(-c3ccc(C)c(F)c3)no2)c1. The van der Waals surface area contributed by atoms with E-state index in [1.165, 1.54) is 13.2 Å². The molecule has 1 aromatic heterocycles. The molecule has 0 N–H and O–H groups in total. The molecule has 3 rings (SSSR count). The molecule has 0 saturated heterocycles. The molecule has 2 aromatic carbocycles. The molecule has 0 aliphatic rings. The minimum absolute atomic E-state index is 0.110. The van der Waals surface area contributed by atoms with Crippen LogP contribution in [0, 0.1) is 12.7 Å². The summed E-state index contributed by atoms with van der Waals surface area (Å²) in [6.07, 6.45) is -0.785.